The van der Waals surface area contributed by atoms with Gasteiger partial charge in [0.2, 0.25) is 0 Å². The Morgan fingerprint density at radius 3 is 2.71 bits per heavy atom. The van der Waals surface area contributed by atoms with Crippen LogP contribution < -0.4 is 0 Å². The van der Waals surface area contributed by atoms with Crippen LogP contribution in [-0.4, -0.2) is 26.1 Å². The number of carbonyl (C=O) groups is 1. The van der Waals surface area contributed by atoms with E-state index < -0.39 is 17.7 Å². The predicted molar refractivity (Wildman–Crippen MR) is 67.1 cm³/mol. The summed E-state index contributed by atoms with van der Waals surface area (Å²) in [5, 5.41) is 16.0. The summed E-state index contributed by atoms with van der Waals surface area (Å²) in [6.07, 6.45) is -2.95. The van der Waals surface area contributed by atoms with Crippen LogP contribution in [0.5, 0.6) is 0 Å². The van der Waals surface area contributed by atoms with Crippen LogP contribution in [0.25, 0.3) is 5.69 Å². The molecule has 2 rings (SSSR count). The van der Waals surface area contributed by atoms with E-state index in [9.17, 15) is 18.0 Å². The molecule has 0 bridgehead atoms. The quantitative estimate of drug-likeness (QED) is 0.942. The molecule has 0 aliphatic heterocycles. The Morgan fingerprint density at radius 1 is 1.38 bits per heavy atom. The van der Waals surface area contributed by atoms with E-state index in [4.69, 9.17) is 5.11 Å². The number of aryl methyl sites for hydroxylation is 2. The molecule has 112 valence electrons. The topological polar surface area (TPSA) is 68.0 Å². The monoisotopic (exact) mass is 299 g/mol. The third-order valence-electron chi connectivity index (χ3n) is 2.93. The molecule has 0 unspecified atom stereocenters. The molecule has 0 radical (unpaired) electrons. The van der Waals surface area contributed by atoms with Crippen molar-refractivity contribution in [2.24, 2.45) is 0 Å². The Morgan fingerprint density at radius 2 is 2.10 bits per heavy atom. The molecule has 2 aromatic rings. The molecular weight excluding hydrogens is 287 g/mol. The molecule has 0 aliphatic carbocycles. The number of aliphatic carboxylic acids is 1. The molecule has 1 aromatic heterocycles. The molecule has 0 fully saturated rings. The van der Waals surface area contributed by atoms with Crippen LogP contribution in [0.2, 0.25) is 0 Å². The fourth-order valence-corrected chi connectivity index (χ4v) is 1.83. The summed E-state index contributed by atoms with van der Waals surface area (Å²) in [6, 6.07) is 3.85. The smallest absolute Gasteiger partial charge is 0.416 e. The van der Waals surface area contributed by atoms with Crippen LogP contribution in [0.4, 0.5) is 13.2 Å². The number of benzene rings is 1. The minimum atomic E-state index is -4.44. The lowest BCUT2D eigenvalue weighted by Gasteiger charge is -2.11. The third-order valence-corrected chi connectivity index (χ3v) is 2.93. The third kappa shape index (κ3) is 3.59. The maximum atomic E-state index is 12.8. The first-order valence-electron chi connectivity index (χ1n) is 6.08. The molecule has 0 atom stereocenters. The fourth-order valence-electron chi connectivity index (χ4n) is 1.83. The zero-order valence-corrected chi connectivity index (χ0v) is 11.1. The molecule has 0 amide bonds. The van der Waals surface area contributed by atoms with Gasteiger partial charge < -0.3 is 5.11 Å². The number of carboxylic acid groups (broad SMARTS) is 1. The van der Waals surface area contributed by atoms with Gasteiger partial charge in [-0.1, -0.05) is 11.3 Å². The van der Waals surface area contributed by atoms with Crippen molar-refractivity contribution in [2.75, 3.05) is 0 Å². The van der Waals surface area contributed by atoms with Crippen molar-refractivity contribution in [3.63, 3.8) is 0 Å². The van der Waals surface area contributed by atoms with Gasteiger partial charge in [-0.3, -0.25) is 4.79 Å². The molecule has 5 nitrogen and oxygen atoms in total. The normalized spacial score (nSPS) is 11.6. The average molecular weight is 299 g/mol. The summed E-state index contributed by atoms with van der Waals surface area (Å²) >= 11 is 0. The Kier molecular flexibility index (Phi) is 3.97. The molecule has 0 saturated heterocycles. The Labute approximate surface area is 118 Å². The van der Waals surface area contributed by atoms with Gasteiger partial charge in [-0.15, -0.1) is 5.10 Å². The van der Waals surface area contributed by atoms with Crippen molar-refractivity contribution in [3.8, 4) is 5.69 Å². The Balaban J connectivity index is 2.28. The first-order chi connectivity index (χ1) is 9.77. The summed E-state index contributed by atoms with van der Waals surface area (Å²) in [7, 11) is 0. The highest BCUT2D eigenvalue weighted by molar-refractivity contribution is 5.66. The highest BCUT2D eigenvalue weighted by Gasteiger charge is 2.32. The van der Waals surface area contributed by atoms with Crippen LogP contribution in [0, 0.1) is 6.92 Å². The number of aromatic nitrogens is 3. The maximum Gasteiger partial charge on any atom is 0.416 e. The van der Waals surface area contributed by atoms with Gasteiger partial charge in [-0.25, -0.2) is 4.68 Å². The number of alkyl halides is 3. The number of halogens is 3. The zero-order valence-electron chi connectivity index (χ0n) is 11.1. The SMILES string of the molecule is Cc1ccc(-n2cc(CCC(=O)O)nn2)cc1C(F)(F)F. The lowest BCUT2D eigenvalue weighted by molar-refractivity contribution is -0.138. The van der Waals surface area contributed by atoms with Gasteiger partial charge in [0, 0.05) is 6.42 Å². The lowest BCUT2D eigenvalue weighted by Crippen LogP contribution is -2.09. The first kappa shape index (κ1) is 15.0. The predicted octanol–water partition coefficient (Wildman–Crippen LogP) is 2.61. The van der Waals surface area contributed by atoms with E-state index in [0.29, 0.717) is 5.69 Å². The van der Waals surface area contributed by atoms with Gasteiger partial charge in [0.15, 0.2) is 0 Å². The second-order valence-corrected chi connectivity index (χ2v) is 4.55. The van der Waals surface area contributed by atoms with E-state index in [1.54, 1.807) is 0 Å². The van der Waals surface area contributed by atoms with Crippen molar-refractivity contribution < 1.29 is 23.1 Å². The molecule has 1 heterocycles. The van der Waals surface area contributed by atoms with Gasteiger partial charge in [-0.05, 0) is 24.6 Å². The van der Waals surface area contributed by atoms with Gasteiger partial charge in [0.1, 0.15) is 0 Å². The molecule has 0 spiro atoms. The minimum absolute atomic E-state index is 0.111. The number of hydrogen-bond donors (Lipinski definition) is 1. The summed E-state index contributed by atoms with van der Waals surface area (Å²) in [4.78, 5) is 10.5. The Hall–Kier alpha value is -2.38. The van der Waals surface area contributed by atoms with Crippen LogP contribution >= 0.6 is 0 Å². The summed E-state index contributed by atoms with van der Waals surface area (Å²) < 4.78 is 39.7. The number of carboxylic acids is 1. The van der Waals surface area contributed by atoms with Crippen LogP contribution in [-0.2, 0) is 17.4 Å². The van der Waals surface area contributed by atoms with Crippen molar-refractivity contribution in [1.29, 1.82) is 0 Å². The second kappa shape index (κ2) is 5.55. The second-order valence-electron chi connectivity index (χ2n) is 4.55. The summed E-state index contributed by atoms with van der Waals surface area (Å²) in [5.74, 6) is -0.973. The average Bonchev–Trinajstić information content (AvgIpc) is 2.84. The number of nitrogens with zero attached hydrogens (tertiary/aromatic N) is 3. The molecule has 0 aliphatic rings. The van der Waals surface area contributed by atoms with Gasteiger partial charge in [0.25, 0.3) is 0 Å². The molecule has 1 N–H and O–H groups in total. The molecule has 0 saturated carbocycles. The van der Waals surface area contributed by atoms with Crippen molar-refractivity contribution in [2.45, 2.75) is 25.9 Å². The van der Waals surface area contributed by atoms with E-state index in [1.807, 2.05) is 0 Å². The van der Waals surface area contributed by atoms with Crippen LogP contribution in [0.15, 0.2) is 24.4 Å². The van der Waals surface area contributed by atoms with E-state index in [1.165, 1.54) is 29.9 Å². The summed E-state index contributed by atoms with van der Waals surface area (Å²) in [6.45, 7) is 1.38. The molecule has 1 aromatic carbocycles. The highest BCUT2D eigenvalue weighted by atomic mass is 19.4. The Bertz CT molecular complexity index is 665. The number of rotatable bonds is 4. The molecule has 21 heavy (non-hydrogen) atoms. The van der Waals surface area contributed by atoms with Crippen molar-refractivity contribution in [3.05, 3.63) is 41.2 Å². The fraction of sp³-hybridized carbons (Fsp3) is 0.308. The lowest BCUT2D eigenvalue weighted by atomic mass is 10.1. The summed E-state index contributed by atoms with van der Waals surface area (Å²) in [5.41, 5.74) is 0.0218. The van der Waals surface area contributed by atoms with E-state index in [-0.39, 0.29) is 24.1 Å². The molecular formula is C13H12F3N3O2. The maximum absolute atomic E-state index is 12.8. The van der Waals surface area contributed by atoms with E-state index in [2.05, 4.69) is 10.3 Å². The van der Waals surface area contributed by atoms with E-state index in [0.717, 1.165) is 6.07 Å². The van der Waals surface area contributed by atoms with Crippen molar-refractivity contribution >= 4 is 5.97 Å². The molecule has 8 heteroatoms. The zero-order chi connectivity index (χ0) is 15.6. The number of hydrogen-bond acceptors (Lipinski definition) is 3. The van der Waals surface area contributed by atoms with E-state index >= 15 is 0 Å². The van der Waals surface area contributed by atoms with Crippen molar-refractivity contribution in [1.82, 2.24) is 15.0 Å². The minimum Gasteiger partial charge on any atom is -0.481 e. The van der Waals surface area contributed by atoms with Gasteiger partial charge in [-0.2, -0.15) is 13.2 Å². The first-order valence-corrected chi connectivity index (χ1v) is 6.08. The standard InChI is InChI=1S/C13H12F3N3O2/c1-8-2-4-10(6-11(8)13(14,15)16)19-7-9(17-18-19)3-5-12(20)21/h2,4,6-7H,3,5H2,1H3,(H,20,21). The van der Waals surface area contributed by atoms with Gasteiger partial charge in [0.05, 0.1) is 29.6 Å². The van der Waals surface area contributed by atoms with Gasteiger partial charge >= 0.3 is 12.1 Å². The van der Waals surface area contributed by atoms with Crippen LogP contribution in [0.3, 0.4) is 0 Å². The largest absolute Gasteiger partial charge is 0.481 e. The van der Waals surface area contributed by atoms with Crippen LogP contribution in [0.1, 0.15) is 23.2 Å². The highest BCUT2D eigenvalue weighted by Crippen LogP contribution is 2.32.